The number of carbonyl (C=O) groups is 1. The molecule has 0 saturated carbocycles. The molecule has 0 aliphatic carbocycles. The third-order valence-electron chi connectivity index (χ3n) is 2.85. The van der Waals surface area contributed by atoms with Gasteiger partial charge in [-0.1, -0.05) is 15.9 Å². The van der Waals surface area contributed by atoms with Crippen LogP contribution >= 0.6 is 27.3 Å². The zero-order chi connectivity index (χ0) is 15.1. The van der Waals surface area contributed by atoms with Gasteiger partial charge in [-0.05, 0) is 32.0 Å². The van der Waals surface area contributed by atoms with Crippen molar-refractivity contribution in [3.63, 3.8) is 0 Å². The van der Waals surface area contributed by atoms with Crippen LogP contribution in [0.2, 0.25) is 0 Å². The molecular weight excluding hydrogens is 340 g/mol. The maximum Gasteiger partial charge on any atom is 0.265 e. The van der Waals surface area contributed by atoms with Crippen molar-refractivity contribution in [2.75, 3.05) is 19.3 Å². The number of rotatable bonds is 3. The Kier molecular flexibility index (Phi) is 4.09. The predicted octanol–water partition coefficient (Wildman–Crippen LogP) is 3.09. The first-order valence-electron chi connectivity index (χ1n) is 6.14. The first kappa shape index (κ1) is 15.3. The lowest BCUT2D eigenvalue weighted by atomic mass is 10.1. The predicted molar refractivity (Wildman–Crippen MR) is 87.2 cm³/mol. The molecule has 1 heterocycles. The molecule has 6 heteroatoms. The third kappa shape index (κ3) is 3.13. The summed E-state index contributed by atoms with van der Waals surface area (Å²) in [6.45, 7) is 3.59. The summed E-state index contributed by atoms with van der Waals surface area (Å²) in [4.78, 5) is 14.4. The van der Waals surface area contributed by atoms with E-state index in [4.69, 9.17) is 5.73 Å². The molecule has 0 fully saturated rings. The van der Waals surface area contributed by atoms with Gasteiger partial charge in [0, 0.05) is 28.2 Å². The standard InChI is InChI=1S/C14H17BrN2O2S/c1-14(2,19)7-17(3)13(18)12-11(16)9-6-8(15)4-5-10(9)20-12/h4-6,19H,7,16H2,1-3H3. The Morgan fingerprint density at radius 2 is 2.15 bits per heavy atom. The summed E-state index contributed by atoms with van der Waals surface area (Å²) in [7, 11) is 1.67. The lowest BCUT2D eigenvalue weighted by Crippen LogP contribution is -2.39. The molecule has 1 aromatic heterocycles. The lowest BCUT2D eigenvalue weighted by molar-refractivity contribution is 0.0371. The highest BCUT2D eigenvalue weighted by molar-refractivity contribution is 9.10. The summed E-state index contributed by atoms with van der Waals surface area (Å²) in [5.41, 5.74) is 5.66. The van der Waals surface area contributed by atoms with Gasteiger partial charge in [0.2, 0.25) is 0 Å². The number of aliphatic hydroxyl groups is 1. The van der Waals surface area contributed by atoms with Crippen LogP contribution in [0.5, 0.6) is 0 Å². The van der Waals surface area contributed by atoms with Gasteiger partial charge in [0.15, 0.2) is 0 Å². The van der Waals surface area contributed by atoms with Crippen molar-refractivity contribution in [1.29, 1.82) is 0 Å². The number of benzene rings is 1. The number of hydrogen-bond donors (Lipinski definition) is 2. The quantitative estimate of drug-likeness (QED) is 0.887. The number of nitrogens with zero attached hydrogens (tertiary/aromatic N) is 1. The monoisotopic (exact) mass is 356 g/mol. The number of thiophene rings is 1. The number of fused-ring (bicyclic) bond motifs is 1. The fraction of sp³-hybridized carbons (Fsp3) is 0.357. The van der Waals surface area contributed by atoms with Crippen LogP contribution in [0.4, 0.5) is 5.69 Å². The van der Waals surface area contributed by atoms with Gasteiger partial charge in [0.25, 0.3) is 5.91 Å². The fourth-order valence-electron chi connectivity index (χ4n) is 2.07. The van der Waals surface area contributed by atoms with Crippen molar-refractivity contribution in [2.24, 2.45) is 0 Å². The smallest absolute Gasteiger partial charge is 0.265 e. The van der Waals surface area contributed by atoms with E-state index < -0.39 is 5.60 Å². The molecule has 0 atom stereocenters. The van der Waals surface area contributed by atoms with Crippen LogP contribution in [-0.2, 0) is 0 Å². The van der Waals surface area contributed by atoms with E-state index >= 15 is 0 Å². The Morgan fingerprint density at radius 3 is 2.75 bits per heavy atom. The maximum absolute atomic E-state index is 12.4. The van der Waals surface area contributed by atoms with Crippen LogP contribution in [0, 0.1) is 0 Å². The number of nitrogen functional groups attached to an aromatic ring is 1. The topological polar surface area (TPSA) is 66.6 Å². The number of halogens is 1. The van der Waals surface area contributed by atoms with E-state index in [-0.39, 0.29) is 12.5 Å². The first-order chi connectivity index (χ1) is 9.19. The molecule has 0 radical (unpaired) electrons. The summed E-state index contributed by atoms with van der Waals surface area (Å²) in [5.74, 6) is -0.165. The molecule has 20 heavy (non-hydrogen) atoms. The summed E-state index contributed by atoms with van der Waals surface area (Å²) in [6.07, 6.45) is 0. The largest absolute Gasteiger partial charge is 0.397 e. The Hall–Kier alpha value is -1.11. The molecule has 0 spiro atoms. The number of anilines is 1. The summed E-state index contributed by atoms with van der Waals surface area (Å²) in [5, 5.41) is 10.7. The molecule has 0 aliphatic heterocycles. The van der Waals surface area contributed by atoms with Crippen LogP contribution < -0.4 is 5.73 Å². The van der Waals surface area contributed by atoms with Gasteiger partial charge in [-0.25, -0.2) is 0 Å². The molecule has 0 unspecified atom stereocenters. The van der Waals surface area contributed by atoms with E-state index in [0.717, 1.165) is 14.6 Å². The van der Waals surface area contributed by atoms with Crippen molar-refractivity contribution < 1.29 is 9.90 Å². The summed E-state index contributed by atoms with van der Waals surface area (Å²) < 4.78 is 1.91. The van der Waals surface area contributed by atoms with Crippen molar-refractivity contribution in [3.05, 3.63) is 27.5 Å². The second-order valence-electron chi connectivity index (χ2n) is 5.46. The van der Waals surface area contributed by atoms with E-state index in [1.54, 1.807) is 20.9 Å². The molecule has 1 amide bonds. The summed E-state index contributed by atoms with van der Waals surface area (Å²) in [6, 6.07) is 5.77. The molecule has 0 bridgehead atoms. The van der Waals surface area contributed by atoms with Gasteiger partial charge in [0.1, 0.15) is 4.88 Å². The van der Waals surface area contributed by atoms with Crippen LogP contribution in [0.25, 0.3) is 10.1 Å². The normalized spacial score (nSPS) is 11.8. The van der Waals surface area contributed by atoms with Crippen LogP contribution in [0.1, 0.15) is 23.5 Å². The molecule has 108 valence electrons. The Bertz CT molecular complexity index is 661. The van der Waals surface area contributed by atoms with Crippen LogP contribution in [0.3, 0.4) is 0 Å². The average Bonchev–Trinajstić information content (AvgIpc) is 2.64. The number of hydrogen-bond acceptors (Lipinski definition) is 4. The second-order valence-corrected chi connectivity index (χ2v) is 7.43. The Balaban J connectivity index is 2.38. The Morgan fingerprint density at radius 1 is 1.50 bits per heavy atom. The van der Waals surface area contributed by atoms with Gasteiger partial charge in [-0.15, -0.1) is 11.3 Å². The SMILES string of the molecule is CN(CC(C)(C)O)C(=O)c1sc2ccc(Br)cc2c1N. The van der Waals surface area contributed by atoms with Gasteiger partial charge in [0.05, 0.1) is 11.3 Å². The molecule has 0 aliphatic rings. The maximum atomic E-state index is 12.4. The van der Waals surface area contributed by atoms with E-state index in [1.165, 1.54) is 16.2 Å². The Labute approximate surface area is 130 Å². The van der Waals surface area contributed by atoms with Crippen LogP contribution in [-0.4, -0.2) is 35.1 Å². The lowest BCUT2D eigenvalue weighted by Gasteiger charge is -2.25. The van der Waals surface area contributed by atoms with E-state index in [2.05, 4.69) is 15.9 Å². The number of likely N-dealkylation sites (N-methyl/N-ethyl adjacent to an activating group) is 1. The second kappa shape index (κ2) is 5.35. The number of amides is 1. The molecule has 3 N–H and O–H groups in total. The minimum Gasteiger partial charge on any atom is -0.397 e. The highest BCUT2D eigenvalue weighted by Gasteiger charge is 2.24. The molecule has 2 rings (SSSR count). The number of nitrogens with two attached hydrogens (primary N) is 1. The van der Waals surface area contributed by atoms with Crippen molar-refractivity contribution >= 4 is 48.9 Å². The fourth-order valence-corrected chi connectivity index (χ4v) is 3.53. The van der Waals surface area contributed by atoms with Gasteiger partial charge >= 0.3 is 0 Å². The van der Waals surface area contributed by atoms with Crippen molar-refractivity contribution in [1.82, 2.24) is 4.90 Å². The van der Waals surface area contributed by atoms with Gasteiger partial charge in [-0.3, -0.25) is 4.79 Å². The number of carbonyl (C=O) groups excluding carboxylic acids is 1. The third-order valence-corrected chi connectivity index (χ3v) is 4.52. The first-order valence-corrected chi connectivity index (χ1v) is 7.75. The van der Waals surface area contributed by atoms with E-state index in [9.17, 15) is 9.90 Å². The zero-order valence-electron chi connectivity index (χ0n) is 11.6. The molecule has 1 aromatic carbocycles. The van der Waals surface area contributed by atoms with Crippen molar-refractivity contribution in [2.45, 2.75) is 19.4 Å². The van der Waals surface area contributed by atoms with Crippen molar-refractivity contribution in [3.8, 4) is 0 Å². The molecule has 0 saturated heterocycles. The van der Waals surface area contributed by atoms with Crippen LogP contribution in [0.15, 0.2) is 22.7 Å². The minimum absolute atomic E-state index is 0.165. The van der Waals surface area contributed by atoms with E-state index in [1.807, 2.05) is 18.2 Å². The minimum atomic E-state index is -0.932. The molecule has 2 aromatic rings. The highest BCUT2D eigenvalue weighted by Crippen LogP contribution is 2.36. The summed E-state index contributed by atoms with van der Waals surface area (Å²) >= 11 is 4.78. The average molecular weight is 357 g/mol. The highest BCUT2D eigenvalue weighted by atomic mass is 79.9. The molecular formula is C14H17BrN2O2S. The van der Waals surface area contributed by atoms with Gasteiger partial charge < -0.3 is 15.7 Å². The zero-order valence-corrected chi connectivity index (χ0v) is 14.0. The van der Waals surface area contributed by atoms with Gasteiger partial charge in [-0.2, -0.15) is 0 Å². The molecule has 4 nitrogen and oxygen atoms in total. The van der Waals surface area contributed by atoms with E-state index in [0.29, 0.717) is 10.6 Å².